The quantitative estimate of drug-likeness (QED) is 0.0481. The third-order valence-corrected chi connectivity index (χ3v) is 10.8. The van der Waals surface area contributed by atoms with Crippen LogP contribution in [0.25, 0.3) is 11.1 Å². The second kappa shape index (κ2) is 23.9. The number of primary amides is 1. The molecule has 69 heavy (non-hydrogen) atoms. The maximum atomic E-state index is 15.3. The SMILES string of the molecule is CC(=O)N(C(=O)[C@H](N)CC(N)=O)[C@@H](CC(=O)O)C(=O)N[C@@H](CCN(C(=O)CO)[C@@H](c1cc(-c2cc(F)ccc2F)cn1Cc1ccccc1)C(C)(C)C)C(=O)NCCNC(=O)CN1C(=O)C=CC1=O. The van der Waals surface area contributed by atoms with Crippen molar-refractivity contribution in [3.63, 3.8) is 0 Å². The summed E-state index contributed by atoms with van der Waals surface area (Å²) in [5.41, 5.74) is 11.3. The lowest BCUT2D eigenvalue weighted by Crippen LogP contribution is -2.60. The number of amides is 9. The average Bonchev–Trinajstić information content (AvgIpc) is 3.82. The minimum Gasteiger partial charge on any atom is -0.481 e. The van der Waals surface area contributed by atoms with Crippen LogP contribution in [0.2, 0.25) is 0 Å². The van der Waals surface area contributed by atoms with E-state index in [1.54, 1.807) is 55.8 Å². The Morgan fingerprint density at radius 1 is 0.870 bits per heavy atom. The minimum atomic E-state index is -2.16. The fourth-order valence-corrected chi connectivity index (χ4v) is 7.68. The van der Waals surface area contributed by atoms with Gasteiger partial charge < -0.3 is 47.1 Å². The van der Waals surface area contributed by atoms with Crippen molar-refractivity contribution in [3.05, 3.63) is 95.8 Å². The van der Waals surface area contributed by atoms with Gasteiger partial charge in [-0.3, -0.25) is 57.7 Å². The highest BCUT2D eigenvalue weighted by atomic mass is 19.1. The lowest BCUT2D eigenvalue weighted by atomic mass is 9.82. The Bertz CT molecular complexity index is 2470. The number of nitrogens with one attached hydrogen (secondary N) is 3. The van der Waals surface area contributed by atoms with Gasteiger partial charge in [-0.05, 0) is 41.7 Å². The molecule has 9 amide bonds. The van der Waals surface area contributed by atoms with Crippen LogP contribution in [0.5, 0.6) is 0 Å². The van der Waals surface area contributed by atoms with Crippen LogP contribution in [-0.4, -0.2) is 140 Å². The second-order valence-corrected chi connectivity index (χ2v) is 17.1. The summed E-state index contributed by atoms with van der Waals surface area (Å²) in [5.74, 6) is -12.1. The number of imide groups is 2. The van der Waals surface area contributed by atoms with Crippen LogP contribution in [0.4, 0.5) is 8.78 Å². The molecule has 21 nitrogen and oxygen atoms in total. The number of halogens is 2. The molecule has 2 heterocycles. The Morgan fingerprint density at radius 2 is 1.51 bits per heavy atom. The summed E-state index contributed by atoms with van der Waals surface area (Å²) < 4.78 is 31.6. The van der Waals surface area contributed by atoms with Crippen LogP contribution in [-0.2, 0) is 54.5 Å². The molecule has 1 aliphatic rings. The van der Waals surface area contributed by atoms with E-state index in [9.17, 15) is 62.5 Å². The Balaban J connectivity index is 1.75. The van der Waals surface area contributed by atoms with Gasteiger partial charge in [-0.2, -0.15) is 0 Å². The number of hydrogen-bond acceptors (Lipinski definition) is 12. The topological polar surface area (TPSA) is 314 Å². The minimum absolute atomic E-state index is 0.0917. The van der Waals surface area contributed by atoms with Gasteiger partial charge in [-0.1, -0.05) is 51.1 Å². The average molecular weight is 964 g/mol. The van der Waals surface area contributed by atoms with E-state index >= 15 is 4.39 Å². The van der Waals surface area contributed by atoms with E-state index in [0.29, 0.717) is 10.6 Å². The molecule has 1 aromatic heterocycles. The largest absolute Gasteiger partial charge is 0.481 e. The van der Waals surface area contributed by atoms with E-state index < -0.39 is 139 Å². The van der Waals surface area contributed by atoms with Crippen molar-refractivity contribution in [2.75, 3.05) is 32.8 Å². The fraction of sp³-hybridized carbons (Fsp3) is 0.391. The van der Waals surface area contributed by atoms with Gasteiger partial charge >= 0.3 is 5.97 Å². The number of carbonyl (C=O) groups excluding carboxylic acids is 9. The predicted octanol–water partition coefficient (Wildman–Crippen LogP) is -0.157. The standard InChI is InChI=1S/C46H55F2N9O12/c1-26(59)57(45(69)32(49)20-36(50)60)35(21-41(65)66)44(68)53-33(43(67)52-16-15-51-37(61)24-56-38(62)12-13-39(56)63)14-17-55(40(64)25-58)42(46(2,3)4)34-18-28(30-19-29(47)10-11-31(30)48)23-54(34)22-27-8-6-5-7-9-27/h5-13,18-19,23,32-33,35,42,58H,14-17,20-22,24-25,49H2,1-4H3,(H2,50,60)(H,51,61)(H,52,67)(H,53,68)(H,65,66)/t32-,33+,35+,42+/m1/s1. The normalized spacial score (nSPS) is 14.1. The van der Waals surface area contributed by atoms with E-state index in [1.807, 2.05) is 12.1 Å². The summed E-state index contributed by atoms with van der Waals surface area (Å²) in [6.45, 7) is 3.50. The van der Waals surface area contributed by atoms with Crippen LogP contribution in [0, 0.1) is 17.0 Å². The molecule has 4 atom stereocenters. The van der Waals surface area contributed by atoms with E-state index in [4.69, 9.17) is 11.5 Å². The van der Waals surface area contributed by atoms with Crippen molar-refractivity contribution in [1.29, 1.82) is 0 Å². The fourth-order valence-electron chi connectivity index (χ4n) is 7.68. The number of aliphatic hydroxyl groups is 1. The molecular weight excluding hydrogens is 909 g/mol. The zero-order chi connectivity index (χ0) is 51.3. The lowest BCUT2D eigenvalue weighted by molar-refractivity contribution is -0.155. The van der Waals surface area contributed by atoms with Crippen LogP contribution < -0.4 is 27.4 Å². The number of aromatic nitrogens is 1. The molecule has 0 saturated carbocycles. The molecule has 3 aromatic rings. The molecule has 2 aromatic carbocycles. The molecule has 1 aliphatic heterocycles. The smallest absolute Gasteiger partial charge is 0.306 e. The molecule has 23 heteroatoms. The molecule has 9 N–H and O–H groups in total. The molecule has 370 valence electrons. The molecular formula is C46H55F2N9O12. The van der Waals surface area contributed by atoms with Gasteiger partial charge in [0.05, 0.1) is 24.9 Å². The highest BCUT2D eigenvalue weighted by Crippen LogP contribution is 2.41. The molecule has 0 spiro atoms. The highest BCUT2D eigenvalue weighted by molar-refractivity contribution is 6.14. The zero-order valence-corrected chi connectivity index (χ0v) is 38.3. The zero-order valence-electron chi connectivity index (χ0n) is 38.3. The van der Waals surface area contributed by atoms with Crippen molar-refractivity contribution < 1.29 is 66.9 Å². The second-order valence-electron chi connectivity index (χ2n) is 17.1. The third-order valence-electron chi connectivity index (χ3n) is 10.8. The summed E-state index contributed by atoms with van der Waals surface area (Å²) in [4.78, 5) is 131. The number of carbonyl (C=O) groups is 10. The van der Waals surface area contributed by atoms with E-state index in [1.165, 1.54) is 4.90 Å². The van der Waals surface area contributed by atoms with Crippen LogP contribution in [0.15, 0.2) is 72.9 Å². The Morgan fingerprint density at radius 3 is 2.09 bits per heavy atom. The summed E-state index contributed by atoms with van der Waals surface area (Å²) in [5, 5.41) is 27.5. The molecule has 0 aliphatic carbocycles. The van der Waals surface area contributed by atoms with E-state index in [0.717, 1.165) is 42.8 Å². The Kier molecular flexibility index (Phi) is 18.7. The van der Waals surface area contributed by atoms with Gasteiger partial charge in [-0.25, -0.2) is 8.78 Å². The summed E-state index contributed by atoms with van der Waals surface area (Å²) >= 11 is 0. The van der Waals surface area contributed by atoms with Gasteiger partial charge in [0.25, 0.3) is 11.8 Å². The van der Waals surface area contributed by atoms with Crippen LogP contribution in [0.1, 0.15) is 64.3 Å². The molecule has 0 bridgehead atoms. The summed E-state index contributed by atoms with van der Waals surface area (Å²) in [6.07, 6.45) is 1.05. The number of aliphatic carboxylic acids is 1. The van der Waals surface area contributed by atoms with Crippen LogP contribution in [0.3, 0.4) is 0 Å². The van der Waals surface area contributed by atoms with E-state index in [-0.39, 0.29) is 35.7 Å². The van der Waals surface area contributed by atoms with Gasteiger partial charge in [0.2, 0.25) is 41.4 Å². The Hall–Kier alpha value is -7.66. The highest BCUT2D eigenvalue weighted by Gasteiger charge is 2.41. The number of rotatable bonds is 23. The number of benzene rings is 2. The molecule has 0 saturated heterocycles. The monoisotopic (exact) mass is 963 g/mol. The van der Waals surface area contributed by atoms with Gasteiger partial charge in [-0.15, -0.1) is 0 Å². The van der Waals surface area contributed by atoms with Crippen molar-refractivity contribution in [1.82, 2.24) is 35.2 Å². The first-order valence-electron chi connectivity index (χ1n) is 21.5. The van der Waals surface area contributed by atoms with Gasteiger partial charge in [0, 0.05) is 68.3 Å². The first-order valence-corrected chi connectivity index (χ1v) is 21.5. The molecule has 0 unspecified atom stereocenters. The maximum absolute atomic E-state index is 15.3. The number of aliphatic hydroxyl groups excluding tert-OH is 1. The van der Waals surface area contributed by atoms with Crippen molar-refractivity contribution in [2.45, 2.75) is 77.7 Å². The van der Waals surface area contributed by atoms with Crippen LogP contribution >= 0.6 is 0 Å². The van der Waals surface area contributed by atoms with Gasteiger partial charge in [0.1, 0.15) is 36.9 Å². The number of nitrogens with two attached hydrogens (primary N) is 2. The van der Waals surface area contributed by atoms with Crippen molar-refractivity contribution in [3.8, 4) is 11.1 Å². The lowest BCUT2D eigenvalue weighted by Gasteiger charge is -2.41. The number of carboxylic acids is 1. The van der Waals surface area contributed by atoms with Crippen molar-refractivity contribution >= 4 is 59.1 Å². The van der Waals surface area contributed by atoms with Gasteiger partial charge in [0.15, 0.2) is 0 Å². The van der Waals surface area contributed by atoms with E-state index in [2.05, 4.69) is 16.0 Å². The Labute approximate surface area is 394 Å². The number of nitrogens with zero attached hydrogens (tertiary/aromatic N) is 4. The molecule has 0 radical (unpaired) electrons. The number of carboxylic acid groups (broad SMARTS) is 1. The molecule has 0 fully saturated rings. The predicted molar refractivity (Wildman–Crippen MR) is 240 cm³/mol. The first-order chi connectivity index (χ1) is 32.4. The maximum Gasteiger partial charge on any atom is 0.306 e. The first kappa shape index (κ1) is 54.0. The van der Waals surface area contributed by atoms with Crippen molar-refractivity contribution in [2.24, 2.45) is 16.9 Å². The molecule has 4 rings (SSSR count). The third kappa shape index (κ3) is 14.7. The summed E-state index contributed by atoms with van der Waals surface area (Å²) in [7, 11) is 0. The number of hydrogen-bond donors (Lipinski definition) is 7. The summed E-state index contributed by atoms with van der Waals surface area (Å²) in [6, 6.07) is 6.82.